The van der Waals surface area contributed by atoms with Gasteiger partial charge in [-0.25, -0.2) is 0 Å². The van der Waals surface area contributed by atoms with E-state index in [9.17, 15) is 0 Å². The van der Waals surface area contributed by atoms with Gasteiger partial charge in [-0.2, -0.15) is 0 Å². The lowest BCUT2D eigenvalue weighted by Gasteiger charge is -2.30. The minimum Gasteiger partial charge on any atom is -0.497 e. The largest absolute Gasteiger partial charge is 0.497 e. The van der Waals surface area contributed by atoms with Crippen LogP contribution in [0.25, 0.3) is 0 Å². The highest BCUT2D eigenvalue weighted by atomic mass is 16.5. The lowest BCUT2D eigenvalue weighted by atomic mass is 9.77. The van der Waals surface area contributed by atoms with Gasteiger partial charge in [0.05, 0.1) is 56.9 Å². The van der Waals surface area contributed by atoms with E-state index in [2.05, 4.69) is 97.9 Å². The number of hydrogen-bond acceptors (Lipinski definition) is 8. The molecular formula is C52H74O8. The van der Waals surface area contributed by atoms with Crippen molar-refractivity contribution in [2.75, 3.05) is 56.9 Å². The predicted molar refractivity (Wildman–Crippen MR) is 245 cm³/mol. The lowest BCUT2D eigenvalue weighted by Crippen LogP contribution is -2.14. The minimum absolute atomic E-state index is 0.0404. The molecule has 4 aromatic rings. The summed E-state index contributed by atoms with van der Waals surface area (Å²) in [5.41, 5.74) is 7.67. The molecule has 3 atom stereocenters. The van der Waals surface area contributed by atoms with E-state index >= 15 is 0 Å². The van der Waals surface area contributed by atoms with Crippen molar-refractivity contribution in [1.29, 1.82) is 0 Å². The van der Waals surface area contributed by atoms with Crippen molar-refractivity contribution < 1.29 is 37.9 Å². The van der Waals surface area contributed by atoms with E-state index in [-0.39, 0.29) is 17.8 Å². The minimum atomic E-state index is -0.110. The summed E-state index contributed by atoms with van der Waals surface area (Å²) in [6.45, 7) is 18.1. The molecule has 0 saturated carbocycles. The molecule has 0 aliphatic heterocycles. The van der Waals surface area contributed by atoms with Gasteiger partial charge in [-0.15, -0.1) is 0 Å². The fourth-order valence-electron chi connectivity index (χ4n) is 8.68. The van der Waals surface area contributed by atoms with Crippen LogP contribution >= 0.6 is 0 Å². The molecule has 0 N–H and O–H groups in total. The van der Waals surface area contributed by atoms with E-state index in [0.29, 0.717) is 23.7 Å². The van der Waals surface area contributed by atoms with E-state index < -0.39 is 0 Å². The summed E-state index contributed by atoms with van der Waals surface area (Å²) in [5, 5.41) is 0. The van der Waals surface area contributed by atoms with E-state index in [1.54, 1.807) is 56.9 Å². The molecule has 0 heterocycles. The van der Waals surface area contributed by atoms with Gasteiger partial charge < -0.3 is 37.9 Å². The van der Waals surface area contributed by atoms with Crippen LogP contribution in [0.15, 0.2) is 54.6 Å². The van der Waals surface area contributed by atoms with Crippen molar-refractivity contribution in [3.05, 3.63) is 93.5 Å². The third kappa shape index (κ3) is 11.3. The average molecular weight is 827 g/mol. The normalized spacial score (nSPS) is 13.1. The standard InChI is InChI=1S/C52H74O8/c1-31(2)17-18-35-24-41(48(56-12)28-46(35)54-10)39(22-33(5)6)43-27-45(52(60-16)30-50(43)58-14)40(23-34(7)8)44-26-42(49(57-13)29-51(44)59-15)38(21-32(3)4)37-20-19-36(53-9)25-47(37)55-11/h19-20,24-34,38-40H,17-18,21-23H2,1-16H3. The van der Waals surface area contributed by atoms with Crippen LogP contribution in [0.2, 0.25) is 0 Å². The first-order valence-corrected chi connectivity index (χ1v) is 21.7. The maximum atomic E-state index is 6.30. The maximum Gasteiger partial charge on any atom is 0.126 e. The molecule has 4 aromatic carbocycles. The van der Waals surface area contributed by atoms with Crippen LogP contribution in [0.3, 0.4) is 0 Å². The molecule has 0 spiro atoms. The highest BCUT2D eigenvalue weighted by Gasteiger charge is 2.32. The molecule has 0 fully saturated rings. The summed E-state index contributed by atoms with van der Waals surface area (Å²) in [7, 11) is 13.8. The highest BCUT2D eigenvalue weighted by Crippen LogP contribution is 2.51. The third-order valence-corrected chi connectivity index (χ3v) is 11.6. The second-order valence-electron chi connectivity index (χ2n) is 17.7. The quantitative estimate of drug-likeness (QED) is 0.0732. The smallest absolute Gasteiger partial charge is 0.126 e. The van der Waals surface area contributed by atoms with E-state index in [1.165, 1.54) is 5.56 Å². The van der Waals surface area contributed by atoms with Crippen molar-refractivity contribution in [1.82, 2.24) is 0 Å². The Morgan fingerprint density at radius 2 is 0.667 bits per heavy atom. The lowest BCUT2D eigenvalue weighted by molar-refractivity contribution is 0.371. The molecule has 60 heavy (non-hydrogen) atoms. The number of methoxy groups -OCH3 is 8. The van der Waals surface area contributed by atoms with Crippen molar-refractivity contribution >= 4 is 0 Å². The Labute approximate surface area is 362 Å². The summed E-state index contributed by atoms with van der Waals surface area (Å²) in [5.74, 6) is 7.69. The first-order valence-electron chi connectivity index (χ1n) is 21.7. The molecule has 8 heteroatoms. The molecule has 330 valence electrons. The number of ether oxygens (including phenoxy) is 8. The molecule has 8 nitrogen and oxygen atoms in total. The topological polar surface area (TPSA) is 73.8 Å². The Morgan fingerprint density at radius 3 is 1.00 bits per heavy atom. The number of benzene rings is 4. The van der Waals surface area contributed by atoms with Gasteiger partial charge in [0, 0.05) is 75.4 Å². The van der Waals surface area contributed by atoms with E-state index in [4.69, 9.17) is 37.9 Å². The van der Waals surface area contributed by atoms with Crippen molar-refractivity contribution in [3.63, 3.8) is 0 Å². The molecule has 3 unspecified atom stereocenters. The Hall–Kier alpha value is -4.72. The highest BCUT2D eigenvalue weighted by molar-refractivity contribution is 5.60. The summed E-state index contributed by atoms with van der Waals surface area (Å²) < 4.78 is 48.7. The van der Waals surface area contributed by atoms with Crippen molar-refractivity contribution in [2.24, 2.45) is 23.7 Å². The SMILES string of the molecule is COc1ccc(C(CC(C)C)c2cc(C(CC(C)C)c3cc(C(CC(C)C)c4cc(CCC(C)C)c(OC)cc4OC)c(OC)cc3OC)c(OC)cc2OC)c(OC)c1. The predicted octanol–water partition coefficient (Wildman–Crippen LogP) is 12.9. The molecule has 0 aromatic heterocycles. The fourth-order valence-corrected chi connectivity index (χ4v) is 8.68. The summed E-state index contributed by atoms with van der Waals surface area (Å²) in [4.78, 5) is 0. The van der Waals surface area contributed by atoms with Gasteiger partial charge in [0.2, 0.25) is 0 Å². The van der Waals surface area contributed by atoms with Gasteiger partial charge in [-0.1, -0.05) is 61.5 Å². The summed E-state index contributed by atoms with van der Waals surface area (Å²) in [6.07, 6.45) is 4.55. The van der Waals surface area contributed by atoms with Crippen molar-refractivity contribution in [3.8, 4) is 46.0 Å². The van der Waals surface area contributed by atoms with Gasteiger partial charge >= 0.3 is 0 Å². The molecule has 0 amide bonds. The first kappa shape index (κ1) is 48.0. The summed E-state index contributed by atoms with van der Waals surface area (Å²) in [6, 6.07) is 19.2. The molecule has 0 saturated heterocycles. The Kier molecular flexibility index (Phi) is 17.8. The van der Waals surface area contributed by atoms with Crippen LogP contribution in [0.1, 0.15) is 138 Å². The van der Waals surface area contributed by atoms with Crippen LogP contribution in [0.5, 0.6) is 46.0 Å². The average Bonchev–Trinajstić information content (AvgIpc) is 3.24. The van der Waals surface area contributed by atoms with Crippen LogP contribution < -0.4 is 37.9 Å². The summed E-state index contributed by atoms with van der Waals surface area (Å²) >= 11 is 0. The van der Waals surface area contributed by atoms with Gasteiger partial charge in [0.25, 0.3) is 0 Å². The fraction of sp³-hybridized carbons (Fsp3) is 0.538. The van der Waals surface area contributed by atoms with Gasteiger partial charge in [0.1, 0.15) is 46.0 Å². The zero-order valence-electron chi connectivity index (χ0n) is 39.5. The van der Waals surface area contributed by atoms with Crippen LogP contribution in [0.4, 0.5) is 0 Å². The molecule has 0 radical (unpaired) electrons. The van der Waals surface area contributed by atoms with Crippen molar-refractivity contribution in [2.45, 2.75) is 105 Å². The number of rotatable bonds is 23. The third-order valence-electron chi connectivity index (χ3n) is 11.6. The zero-order chi connectivity index (χ0) is 44.3. The monoisotopic (exact) mass is 827 g/mol. The molecule has 0 aliphatic rings. The van der Waals surface area contributed by atoms with Gasteiger partial charge in [0.15, 0.2) is 0 Å². The van der Waals surface area contributed by atoms with Crippen LogP contribution in [0, 0.1) is 23.7 Å². The second kappa shape index (κ2) is 22.2. The van der Waals surface area contributed by atoms with Gasteiger partial charge in [-0.3, -0.25) is 0 Å². The molecule has 0 bridgehead atoms. The number of hydrogen-bond donors (Lipinski definition) is 0. The number of aryl methyl sites for hydroxylation is 1. The zero-order valence-corrected chi connectivity index (χ0v) is 39.5. The van der Waals surface area contributed by atoms with E-state index in [1.807, 2.05) is 12.1 Å². The molecular weight excluding hydrogens is 753 g/mol. The van der Waals surface area contributed by atoms with Crippen LogP contribution in [-0.2, 0) is 6.42 Å². The van der Waals surface area contributed by atoms with E-state index in [0.717, 1.165) is 111 Å². The second-order valence-corrected chi connectivity index (χ2v) is 17.7. The van der Waals surface area contributed by atoms with Crippen LogP contribution in [-0.4, -0.2) is 56.9 Å². The van der Waals surface area contributed by atoms with Gasteiger partial charge in [-0.05, 0) is 85.6 Å². The Morgan fingerprint density at radius 1 is 0.333 bits per heavy atom. The maximum absolute atomic E-state index is 6.30. The molecule has 0 aliphatic carbocycles. The first-order chi connectivity index (χ1) is 28.7. The Balaban J connectivity index is 2.09. The molecule has 4 rings (SSSR count). The Bertz CT molecular complexity index is 1980.